The minimum absolute atomic E-state index is 0.0920. The van der Waals surface area contributed by atoms with Crippen LogP contribution in [0.2, 0.25) is 0 Å². The van der Waals surface area contributed by atoms with Gasteiger partial charge in [-0.2, -0.15) is 0 Å². The number of aliphatic hydroxyl groups is 1. The van der Waals surface area contributed by atoms with E-state index in [1.807, 2.05) is 0 Å². The van der Waals surface area contributed by atoms with Gasteiger partial charge in [0, 0.05) is 17.4 Å². The molecule has 1 aromatic carbocycles. The number of nitro groups is 1. The van der Waals surface area contributed by atoms with Crippen molar-refractivity contribution in [3.8, 4) is 12.3 Å². The van der Waals surface area contributed by atoms with Crippen LogP contribution in [0.25, 0.3) is 11.0 Å². The van der Waals surface area contributed by atoms with Crippen LogP contribution in [0, 0.1) is 29.4 Å². The molecule has 0 aliphatic heterocycles. The SMILES string of the molecule is C#CCC(O)c1cc2cnoc2c([N+](=O)[O-])c1C. The van der Waals surface area contributed by atoms with Gasteiger partial charge in [-0.25, -0.2) is 0 Å². The Morgan fingerprint density at radius 1 is 1.72 bits per heavy atom. The number of aliphatic hydroxyl groups excluding tert-OH is 1. The van der Waals surface area contributed by atoms with E-state index in [-0.39, 0.29) is 17.7 Å². The van der Waals surface area contributed by atoms with Crippen molar-refractivity contribution < 1.29 is 14.6 Å². The second kappa shape index (κ2) is 4.47. The molecule has 1 atom stereocenters. The second-order valence-electron chi connectivity index (χ2n) is 3.86. The molecule has 0 aliphatic rings. The molecule has 18 heavy (non-hydrogen) atoms. The van der Waals surface area contributed by atoms with Gasteiger partial charge < -0.3 is 9.63 Å². The summed E-state index contributed by atoms with van der Waals surface area (Å²) in [5.74, 6) is 2.32. The van der Waals surface area contributed by atoms with Crippen molar-refractivity contribution >= 4 is 16.7 Å². The van der Waals surface area contributed by atoms with Crippen LogP contribution in [0.15, 0.2) is 16.8 Å². The van der Waals surface area contributed by atoms with Crippen LogP contribution in [0.3, 0.4) is 0 Å². The monoisotopic (exact) mass is 246 g/mol. The molecule has 2 rings (SSSR count). The smallest absolute Gasteiger partial charge is 0.318 e. The van der Waals surface area contributed by atoms with E-state index < -0.39 is 11.0 Å². The molecule has 6 nitrogen and oxygen atoms in total. The highest BCUT2D eigenvalue weighted by molar-refractivity contribution is 5.87. The molecule has 1 unspecified atom stereocenters. The fourth-order valence-corrected chi connectivity index (χ4v) is 1.90. The fraction of sp³-hybridized carbons (Fsp3) is 0.250. The first-order valence-electron chi connectivity index (χ1n) is 5.20. The fourth-order valence-electron chi connectivity index (χ4n) is 1.90. The molecular weight excluding hydrogens is 236 g/mol. The Kier molecular flexibility index (Phi) is 3.00. The molecule has 0 amide bonds. The third kappa shape index (κ3) is 1.81. The third-order valence-electron chi connectivity index (χ3n) is 2.77. The highest BCUT2D eigenvalue weighted by Gasteiger charge is 2.25. The van der Waals surface area contributed by atoms with Crippen molar-refractivity contribution in [2.45, 2.75) is 19.4 Å². The van der Waals surface area contributed by atoms with Crippen molar-refractivity contribution in [3.63, 3.8) is 0 Å². The topological polar surface area (TPSA) is 89.4 Å². The van der Waals surface area contributed by atoms with Crippen LogP contribution >= 0.6 is 0 Å². The molecule has 0 saturated carbocycles. The predicted octanol–water partition coefficient (Wildman–Crippen LogP) is 2.10. The van der Waals surface area contributed by atoms with E-state index in [0.717, 1.165) is 0 Å². The van der Waals surface area contributed by atoms with Crippen molar-refractivity contribution in [2.75, 3.05) is 0 Å². The summed E-state index contributed by atoms with van der Waals surface area (Å²) in [6, 6.07) is 1.61. The molecule has 1 heterocycles. The Labute approximate surface area is 102 Å². The van der Waals surface area contributed by atoms with Crippen LogP contribution in [0.4, 0.5) is 5.69 Å². The van der Waals surface area contributed by atoms with Gasteiger partial charge in [0.15, 0.2) is 0 Å². The number of benzene rings is 1. The van der Waals surface area contributed by atoms with Crippen LogP contribution in [-0.2, 0) is 0 Å². The Morgan fingerprint density at radius 2 is 2.44 bits per heavy atom. The van der Waals surface area contributed by atoms with E-state index in [1.54, 1.807) is 13.0 Å². The number of fused-ring (bicyclic) bond motifs is 1. The maximum atomic E-state index is 11.1. The number of terminal acetylenes is 1. The van der Waals surface area contributed by atoms with Crippen molar-refractivity contribution in [2.24, 2.45) is 0 Å². The Bertz CT molecular complexity index is 654. The Morgan fingerprint density at radius 3 is 3.06 bits per heavy atom. The molecule has 0 radical (unpaired) electrons. The van der Waals surface area contributed by atoms with E-state index in [4.69, 9.17) is 10.9 Å². The van der Waals surface area contributed by atoms with E-state index in [2.05, 4.69) is 11.1 Å². The lowest BCUT2D eigenvalue weighted by molar-refractivity contribution is -0.384. The molecule has 1 N–H and O–H groups in total. The standard InChI is InChI=1S/C12H10N2O4/c1-3-4-10(15)9-5-8-6-13-18-12(8)11(7(9)2)14(16)17/h1,5-6,10,15H,4H2,2H3. The quantitative estimate of drug-likeness (QED) is 0.509. The van der Waals surface area contributed by atoms with Crippen molar-refractivity contribution in [1.82, 2.24) is 5.16 Å². The average molecular weight is 246 g/mol. The van der Waals surface area contributed by atoms with Gasteiger partial charge >= 0.3 is 5.69 Å². The van der Waals surface area contributed by atoms with E-state index in [1.165, 1.54) is 6.20 Å². The average Bonchev–Trinajstić information content (AvgIpc) is 2.75. The van der Waals surface area contributed by atoms with Gasteiger partial charge in [-0.1, -0.05) is 5.16 Å². The normalized spacial score (nSPS) is 12.3. The largest absolute Gasteiger partial charge is 0.387 e. The summed E-state index contributed by atoms with van der Waals surface area (Å²) in [5, 5.41) is 25.0. The van der Waals surface area contributed by atoms with E-state index in [0.29, 0.717) is 16.5 Å². The number of nitrogens with zero attached hydrogens (tertiary/aromatic N) is 2. The molecule has 0 bridgehead atoms. The van der Waals surface area contributed by atoms with Crippen LogP contribution in [-0.4, -0.2) is 15.2 Å². The highest BCUT2D eigenvalue weighted by Crippen LogP contribution is 2.35. The van der Waals surface area contributed by atoms with Gasteiger partial charge in [-0.3, -0.25) is 10.1 Å². The van der Waals surface area contributed by atoms with Gasteiger partial charge in [0.05, 0.1) is 17.2 Å². The van der Waals surface area contributed by atoms with Crippen molar-refractivity contribution in [3.05, 3.63) is 33.5 Å². The van der Waals surface area contributed by atoms with Gasteiger partial charge in [-0.15, -0.1) is 12.3 Å². The van der Waals surface area contributed by atoms with E-state index >= 15 is 0 Å². The van der Waals surface area contributed by atoms with Gasteiger partial charge in [-0.05, 0) is 18.6 Å². The zero-order valence-electron chi connectivity index (χ0n) is 9.58. The molecule has 0 aliphatic carbocycles. The summed E-state index contributed by atoms with van der Waals surface area (Å²) < 4.78 is 4.87. The first kappa shape index (κ1) is 12.1. The molecule has 2 aromatic rings. The molecule has 6 heteroatoms. The summed E-state index contributed by atoms with van der Waals surface area (Å²) in [4.78, 5) is 10.5. The molecule has 0 spiro atoms. The molecular formula is C12H10N2O4. The number of hydrogen-bond acceptors (Lipinski definition) is 5. The maximum absolute atomic E-state index is 11.1. The molecule has 0 fully saturated rings. The van der Waals surface area contributed by atoms with Crippen LogP contribution in [0.5, 0.6) is 0 Å². The Hall–Kier alpha value is -2.39. The van der Waals surface area contributed by atoms with Gasteiger partial charge in [0.1, 0.15) is 0 Å². The number of hydrogen-bond donors (Lipinski definition) is 1. The van der Waals surface area contributed by atoms with Crippen LogP contribution in [0.1, 0.15) is 23.7 Å². The lowest BCUT2D eigenvalue weighted by Crippen LogP contribution is -2.02. The predicted molar refractivity (Wildman–Crippen MR) is 63.8 cm³/mol. The third-order valence-corrected chi connectivity index (χ3v) is 2.77. The Balaban J connectivity index is 2.72. The lowest BCUT2D eigenvalue weighted by atomic mass is 9.98. The molecule has 92 valence electrons. The second-order valence-corrected chi connectivity index (χ2v) is 3.86. The summed E-state index contributed by atoms with van der Waals surface area (Å²) in [7, 11) is 0. The molecule has 1 aromatic heterocycles. The summed E-state index contributed by atoms with van der Waals surface area (Å²) in [5.41, 5.74) is 0.688. The number of nitro benzene ring substituents is 1. The summed E-state index contributed by atoms with van der Waals surface area (Å²) >= 11 is 0. The highest BCUT2D eigenvalue weighted by atomic mass is 16.6. The summed E-state index contributed by atoms with van der Waals surface area (Å²) in [6.45, 7) is 1.55. The lowest BCUT2D eigenvalue weighted by Gasteiger charge is -2.11. The first-order chi connectivity index (χ1) is 8.56. The summed E-state index contributed by atoms with van der Waals surface area (Å²) in [6.07, 6.45) is 5.66. The zero-order chi connectivity index (χ0) is 13.3. The van der Waals surface area contributed by atoms with Crippen LogP contribution < -0.4 is 0 Å². The van der Waals surface area contributed by atoms with E-state index in [9.17, 15) is 15.2 Å². The first-order valence-corrected chi connectivity index (χ1v) is 5.20. The molecule has 0 saturated heterocycles. The number of rotatable bonds is 3. The van der Waals surface area contributed by atoms with Gasteiger partial charge in [0.2, 0.25) is 5.58 Å². The zero-order valence-corrected chi connectivity index (χ0v) is 9.58. The minimum Gasteiger partial charge on any atom is -0.387 e. The van der Waals surface area contributed by atoms with Gasteiger partial charge in [0.25, 0.3) is 0 Å². The number of aromatic nitrogens is 1. The minimum atomic E-state index is -0.937. The van der Waals surface area contributed by atoms with Crippen molar-refractivity contribution in [1.29, 1.82) is 0 Å². The maximum Gasteiger partial charge on any atom is 0.318 e.